The molecule has 2 atom stereocenters. The molecule has 0 amide bonds. The van der Waals surface area contributed by atoms with Crippen molar-refractivity contribution in [2.24, 2.45) is 5.73 Å². The Hall–Kier alpha value is -1.08. The Labute approximate surface area is 129 Å². The largest absolute Gasteiger partial charge is 0.416 e. The van der Waals surface area contributed by atoms with Crippen LogP contribution in [0.3, 0.4) is 0 Å². The molecule has 2 nitrogen and oxygen atoms in total. The summed E-state index contributed by atoms with van der Waals surface area (Å²) in [6.45, 7) is 0.0258. The van der Waals surface area contributed by atoms with E-state index in [1.54, 1.807) is 12.1 Å². The second kappa shape index (κ2) is 6.36. The van der Waals surface area contributed by atoms with Crippen molar-refractivity contribution in [2.45, 2.75) is 18.2 Å². The summed E-state index contributed by atoms with van der Waals surface area (Å²) < 4.78 is 38.8. The number of benzene rings is 1. The van der Waals surface area contributed by atoms with Crippen LogP contribution in [0.15, 0.2) is 36.4 Å². The molecule has 114 valence electrons. The quantitative estimate of drug-likeness (QED) is 0.879. The van der Waals surface area contributed by atoms with Gasteiger partial charge >= 0.3 is 6.18 Å². The van der Waals surface area contributed by atoms with Crippen LogP contribution in [0.5, 0.6) is 0 Å². The summed E-state index contributed by atoms with van der Waals surface area (Å²) in [4.78, 5) is 0.577. The molecule has 7 heteroatoms. The minimum absolute atomic E-state index is 0.0258. The van der Waals surface area contributed by atoms with E-state index in [2.05, 4.69) is 0 Å². The lowest BCUT2D eigenvalue weighted by Gasteiger charge is -2.22. The Morgan fingerprint density at radius 2 is 1.95 bits per heavy atom. The van der Waals surface area contributed by atoms with Crippen LogP contribution in [0.4, 0.5) is 13.2 Å². The molecule has 0 saturated carbocycles. The van der Waals surface area contributed by atoms with E-state index in [1.807, 2.05) is 0 Å². The van der Waals surface area contributed by atoms with Crippen LogP contribution < -0.4 is 5.73 Å². The standard InChI is InChI=1S/C14H13ClF3NOS/c15-12-5-4-11(21-12)13(20)10(7-19)8-2-1-3-9(6-8)14(16,17)18/h1-6,10,13,20H,7,19H2. The van der Waals surface area contributed by atoms with Gasteiger partial charge in [-0.3, -0.25) is 0 Å². The first kappa shape index (κ1) is 16.3. The topological polar surface area (TPSA) is 46.2 Å². The summed E-state index contributed by atoms with van der Waals surface area (Å²) in [5.41, 5.74) is 5.24. The number of nitrogens with two attached hydrogens (primary N) is 1. The van der Waals surface area contributed by atoms with Crippen LogP contribution in [-0.4, -0.2) is 11.7 Å². The average Bonchev–Trinajstić information content (AvgIpc) is 2.85. The summed E-state index contributed by atoms with van der Waals surface area (Å²) in [7, 11) is 0. The fraction of sp³-hybridized carbons (Fsp3) is 0.286. The van der Waals surface area contributed by atoms with Crippen molar-refractivity contribution in [1.29, 1.82) is 0 Å². The van der Waals surface area contributed by atoms with E-state index in [9.17, 15) is 18.3 Å². The second-order valence-corrected chi connectivity index (χ2v) is 6.30. The Bertz CT molecular complexity index is 614. The third-order valence-electron chi connectivity index (χ3n) is 3.16. The van der Waals surface area contributed by atoms with Gasteiger partial charge in [0.1, 0.15) is 0 Å². The number of alkyl halides is 3. The van der Waals surface area contributed by atoms with Gasteiger partial charge in [0.25, 0.3) is 0 Å². The van der Waals surface area contributed by atoms with Gasteiger partial charge in [0, 0.05) is 17.3 Å². The van der Waals surface area contributed by atoms with Gasteiger partial charge in [0.2, 0.25) is 0 Å². The molecule has 2 rings (SSSR count). The number of aliphatic hydroxyl groups excluding tert-OH is 1. The first-order valence-corrected chi connectivity index (χ1v) is 7.33. The van der Waals surface area contributed by atoms with E-state index in [0.29, 0.717) is 14.8 Å². The molecular formula is C14H13ClF3NOS. The summed E-state index contributed by atoms with van der Waals surface area (Å²) in [5, 5.41) is 10.3. The maximum absolute atomic E-state index is 12.8. The van der Waals surface area contributed by atoms with Crippen molar-refractivity contribution in [3.8, 4) is 0 Å². The molecule has 0 aliphatic heterocycles. The van der Waals surface area contributed by atoms with Crippen molar-refractivity contribution in [2.75, 3.05) is 6.54 Å². The zero-order chi connectivity index (χ0) is 15.6. The lowest BCUT2D eigenvalue weighted by atomic mass is 9.91. The number of hydrogen-bond acceptors (Lipinski definition) is 3. The molecule has 1 heterocycles. The molecule has 0 radical (unpaired) electrons. The van der Waals surface area contributed by atoms with E-state index in [1.165, 1.54) is 23.5 Å². The van der Waals surface area contributed by atoms with Gasteiger partial charge < -0.3 is 10.8 Å². The molecule has 21 heavy (non-hydrogen) atoms. The molecule has 3 N–H and O–H groups in total. The van der Waals surface area contributed by atoms with Crippen LogP contribution in [0.25, 0.3) is 0 Å². The predicted octanol–water partition coefficient (Wildman–Crippen LogP) is 4.20. The maximum Gasteiger partial charge on any atom is 0.416 e. The molecule has 0 fully saturated rings. The first-order valence-electron chi connectivity index (χ1n) is 6.13. The smallest absolute Gasteiger partial charge is 0.387 e. The molecule has 2 unspecified atom stereocenters. The fourth-order valence-corrected chi connectivity index (χ4v) is 3.19. The molecule has 0 aliphatic rings. The molecular weight excluding hydrogens is 323 g/mol. The van der Waals surface area contributed by atoms with E-state index in [0.717, 1.165) is 12.1 Å². The van der Waals surface area contributed by atoms with Crippen molar-refractivity contribution in [3.63, 3.8) is 0 Å². The molecule has 1 aromatic heterocycles. The number of hydrogen-bond donors (Lipinski definition) is 2. The highest BCUT2D eigenvalue weighted by atomic mass is 35.5. The number of aliphatic hydroxyl groups is 1. The van der Waals surface area contributed by atoms with E-state index in [-0.39, 0.29) is 6.54 Å². The van der Waals surface area contributed by atoms with Crippen LogP contribution in [-0.2, 0) is 6.18 Å². The highest BCUT2D eigenvalue weighted by Gasteiger charge is 2.32. The van der Waals surface area contributed by atoms with E-state index >= 15 is 0 Å². The normalized spacial score (nSPS) is 15.0. The highest BCUT2D eigenvalue weighted by Crippen LogP contribution is 2.37. The van der Waals surface area contributed by atoms with Crippen molar-refractivity contribution >= 4 is 22.9 Å². The molecule has 1 aromatic carbocycles. The number of thiophene rings is 1. The third-order valence-corrected chi connectivity index (χ3v) is 4.46. The summed E-state index contributed by atoms with van der Waals surface area (Å²) in [6, 6.07) is 8.14. The zero-order valence-electron chi connectivity index (χ0n) is 10.8. The molecule has 0 saturated heterocycles. The third kappa shape index (κ3) is 3.77. The minimum atomic E-state index is -4.42. The van der Waals surface area contributed by atoms with E-state index in [4.69, 9.17) is 17.3 Å². The number of rotatable bonds is 4. The maximum atomic E-state index is 12.8. The monoisotopic (exact) mass is 335 g/mol. The first-order chi connectivity index (χ1) is 9.82. The van der Waals surface area contributed by atoms with Crippen LogP contribution >= 0.6 is 22.9 Å². The van der Waals surface area contributed by atoms with Gasteiger partial charge in [-0.15, -0.1) is 11.3 Å². The van der Waals surface area contributed by atoms with Gasteiger partial charge in [-0.05, 0) is 23.8 Å². The van der Waals surface area contributed by atoms with Gasteiger partial charge in [-0.2, -0.15) is 13.2 Å². The Kier molecular flexibility index (Phi) is 4.93. The minimum Gasteiger partial charge on any atom is -0.387 e. The predicted molar refractivity (Wildman–Crippen MR) is 77.5 cm³/mol. The van der Waals surface area contributed by atoms with E-state index < -0.39 is 23.8 Å². The highest BCUT2D eigenvalue weighted by molar-refractivity contribution is 7.16. The summed E-state index contributed by atoms with van der Waals surface area (Å²) in [6.07, 6.45) is -5.41. The summed E-state index contributed by atoms with van der Waals surface area (Å²) in [5.74, 6) is -0.623. The fourth-order valence-electron chi connectivity index (χ4n) is 2.08. The Morgan fingerprint density at radius 1 is 1.24 bits per heavy atom. The molecule has 2 aromatic rings. The van der Waals surface area contributed by atoms with Crippen molar-refractivity contribution in [3.05, 3.63) is 56.7 Å². The van der Waals surface area contributed by atoms with Crippen molar-refractivity contribution in [1.82, 2.24) is 0 Å². The average molecular weight is 336 g/mol. The second-order valence-electron chi connectivity index (χ2n) is 4.55. The summed E-state index contributed by atoms with van der Waals surface area (Å²) >= 11 is 6.99. The molecule has 0 spiro atoms. The van der Waals surface area contributed by atoms with Gasteiger partial charge in [-0.1, -0.05) is 29.8 Å². The zero-order valence-corrected chi connectivity index (χ0v) is 12.3. The van der Waals surface area contributed by atoms with Gasteiger partial charge in [-0.25, -0.2) is 0 Å². The van der Waals surface area contributed by atoms with Crippen LogP contribution in [0.2, 0.25) is 4.34 Å². The molecule has 0 aliphatic carbocycles. The number of halogens is 4. The lowest BCUT2D eigenvalue weighted by Crippen LogP contribution is -2.20. The molecule has 0 bridgehead atoms. The van der Waals surface area contributed by atoms with Gasteiger partial charge in [0.05, 0.1) is 16.0 Å². The van der Waals surface area contributed by atoms with Crippen molar-refractivity contribution < 1.29 is 18.3 Å². The van der Waals surface area contributed by atoms with Gasteiger partial charge in [0.15, 0.2) is 0 Å². The Morgan fingerprint density at radius 3 is 2.48 bits per heavy atom. The van der Waals surface area contributed by atoms with Crippen LogP contribution in [0.1, 0.15) is 28.0 Å². The van der Waals surface area contributed by atoms with Crippen LogP contribution in [0, 0.1) is 0 Å². The SMILES string of the molecule is NCC(c1cccc(C(F)(F)F)c1)C(O)c1ccc(Cl)s1. The lowest BCUT2D eigenvalue weighted by molar-refractivity contribution is -0.137. The Balaban J connectivity index is 2.33.